The summed E-state index contributed by atoms with van der Waals surface area (Å²) in [5, 5.41) is 12.5. The number of carbonyl (C=O) groups excluding carboxylic acids is 2. The van der Waals surface area contributed by atoms with Gasteiger partial charge in [-0.25, -0.2) is 13.2 Å². The molecule has 13 heteroatoms. The van der Waals surface area contributed by atoms with E-state index in [2.05, 4.69) is 5.32 Å². The minimum absolute atomic E-state index is 0.0274. The van der Waals surface area contributed by atoms with E-state index in [1.807, 2.05) is 0 Å². The van der Waals surface area contributed by atoms with Crippen LogP contribution >= 0.6 is 0 Å². The van der Waals surface area contributed by atoms with Crippen molar-refractivity contribution in [2.45, 2.75) is 61.7 Å². The van der Waals surface area contributed by atoms with Gasteiger partial charge in [0, 0.05) is 30.6 Å². The van der Waals surface area contributed by atoms with E-state index < -0.39 is 71.4 Å². The lowest BCUT2D eigenvalue weighted by Crippen LogP contribution is -2.46. The van der Waals surface area contributed by atoms with E-state index in [1.54, 1.807) is 67.6 Å². The van der Waals surface area contributed by atoms with E-state index in [4.69, 9.17) is 10.5 Å². The second-order valence-electron chi connectivity index (χ2n) is 10.9. The molecule has 0 aliphatic heterocycles. The molecule has 250 valence electrons. The van der Waals surface area contributed by atoms with E-state index in [1.165, 1.54) is 24.3 Å². The highest BCUT2D eigenvalue weighted by atomic mass is 32.2. The molecule has 1 amide bonds. The molecule has 0 spiro atoms. The maximum Gasteiger partial charge on any atom is 0.407 e. The number of aliphatic hydroxyl groups excluding tert-OH is 1. The first-order valence-electron chi connectivity index (χ1n) is 14.9. The molecule has 0 heterocycles. The Morgan fingerprint density at radius 2 is 1.48 bits per heavy atom. The first-order chi connectivity index (χ1) is 21.8. The highest BCUT2D eigenvalue weighted by Crippen LogP contribution is 2.36. The minimum Gasteiger partial charge on any atom is -0.453 e. The molecule has 3 rings (SSSR count). The average molecular weight is 664 g/mol. The molecule has 46 heavy (non-hydrogen) atoms. The van der Waals surface area contributed by atoms with Crippen molar-refractivity contribution in [1.82, 2.24) is 9.62 Å². The number of halogens is 3. The Morgan fingerprint density at radius 3 is 1.93 bits per heavy atom. The number of Topliss-reactive ketones (excluding diaryl/α,β-unsaturated/α-hetero) is 1. The van der Waals surface area contributed by atoms with Crippen LogP contribution in [0.2, 0.25) is 0 Å². The maximum absolute atomic E-state index is 14.4. The molecule has 4 N–H and O–H groups in total. The van der Waals surface area contributed by atoms with Gasteiger partial charge in [-0.1, -0.05) is 74.0 Å². The summed E-state index contributed by atoms with van der Waals surface area (Å²) in [6.07, 6.45) is -7.38. The Morgan fingerprint density at radius 1 is 0.935 bits per heavy atom. The number of nitrogens with one attached hydrogen (secondary N) is 1. The molecular formula is C33H40F3N3O6S. The summed E-state index contributed by atoms with van der Waals surface area (Å²) in [7, 11) is -2.98. The van der Waals surface area contributed by atoms with E-state index in [-0.39, 0.29) is 24.3 Å². The zero-order valence-electron chi connectivity index (χ0n) is 25.7. The summed E-state index contributed by atoms with van der Waals surface area (Å²) in [6, 6.07) is 20.5. The van der Waals surface area contributed by atoms with Gasteiger partial charge in [0.1, 0.15) is 6.04 Å². The fourth-order valence-corrected chi connectivity index (χ4v) is 7.17. The number of likely N-dealkylation sites (N-methyl/N-ethyl adjacent to an activating group) is 1. The maximum atomic E-state index is 14.4. The monoisotopic (exact) mass is 663 g/mol. The molecule has 3 aromatic carbocycles. The SMILES string of the molecule is CCN([C@H](CO)CCC[C@@H](CC(=O)[C@@H](NC(=O)OC)C(c1ccccc1)c1ccccc1)C(F)(F)F)S(=O)(=O)c1ccc(N)cc1. The third-order valence-corrected chi connectivity index (χ3v) is 9.91. The van der Waals surface area contributed by atoms with Crippen LogP contribution in [0.3, 0.4) is 0 Å². The number of hydrogen-bond acceptors (Lipinski definition) is 7. The Hall–Kier alpha value is -3.94. The Balaban J connectivity index is 1.84. The minimum atomic E-state index is -4.77. The molecule has 0 bridgehead atoms. The smallest absolute Gasteiger partial charge is 0.407 e. The summed E-state index contributed by atoms with van der Waals surface area (Å²) < 4.78 is 75.4. The van der Waals surface area contributed by atoms with Crippen LogP contribution in [0, 0.1) is 5.92 Å². The van der Waals surface area contributed by atoms with Gasteiger partial charge in [0.05, 0.1) is 24.5 Å². The summed E-state index contributed by atoms with van der Waals surface area (Å²) in [4.78, 5) is 26.1. The fourth-order valence-electron chi connectivity index (χ4n) is 5.51. The summed E-state index contributed by atoms with van der Waals surface area (Å²) in [6.45, 7) is 0.929. The molecule has 0 radical (unpaired) electrons. The Kier molecular flexibility index (Phi) is 13.2. The second-order valence-corrected chi connectivity index (χ2v) is 12.8. The van der Waals surface area contributed by atoms with Crippen molar-refractivity contribution >= 4 is 27.6 Å². The topological polar surface area (TPSA) is 139 Å². The molecule has 0 aliphatic rings. The van der Waals surface area contributed by atoms with Crippen LogP contribution in [0.1, 0.15) is 49.7 Å². The van der Waals surface area contributed by atoms with Gasteiger partial charge in [0.2, 0.25) is 10.0 Å². The number of hydrogen-bond donors (Lipinski definition) is 3. The van der Waals surface area contributed by atoms with Crippen LogP contribution in [0.5, 0.6) is 0 Å². The lowest BCUT2D eigenvalue weighted by atomic mass is 9.80. The van der Waals surface area contributed by atoms with E-state index in [0.717, 1.165) is 11.4 Å². The van der Waals surface area contributed by atoms with Crippen molar-refractivity contribution in [2.24, 2.45) is 5.92 Å². The number of nitrogen functional groups attached to an aromatic ring is 1. The Bertz CT molecular complexity index is 1470. The predicted molar refractivity (Wildman–Crippen MR) is 168 cm³/mol. The number of nitrogens with zero attached hydrogens (tertiary/aromatic N) is 1. The number of ether oxygens (including phenoxy) is 1. The van der Waals surface area contributed by atoms with Gasteiger partial charge in [-0.2, -0.15) is 17.5 Å². The van der Waals surface area contributed by atoms with Crippen molar-refractivity contribution in [2.75, 3.05) is 26.0 Å². The number of alkyl halides is 3. The second kappa shape index (κ2) is 16.6. The van der Waals surface area contributed by atoms with Crippen LogP contribution in [-0.4, -0.2) is 68.2 Å². The number of aliphatic hydroxyl groups is 1. The number of ketones is 1. The van der Waals surface area contributed by atoms with Gasteiger partial charge in [-0.15, -0.1) is 0 Å². The number of rotatable bonds is 16. The summed E-state index contributed by atoms with van der Waals surface area (Å²) in [5.74, 6) is -3.74. The number of benzene rings is 3. The number of anilines is 1. The number of sulfonamides is 1. The molecule has 0 unspecified atom stereocenters. The number of nitrogens with two attached hydrogens (primary N) is 1. The van der Waals surface area contributed by atoms with E-state index >= 15 is 0 Å². The van der Waals surface area contributed by atoms with Crippen LogP contribution in [-0.2, 0) is 19.6 Å². The van der Waals surface area contributed by atoms with E-state index in [0.29, 0.717) is 16.8 Å². The molecule has 0 saturated heterocycles. The quantitative estimate of drug-likeness (QED) is 0.172. The van der Waals surface area contributed by atoms with Crippen molar-refractivity contribution < 1.29 is 41.0 Å². The van der Waals surface area contributed by atoms with Crippen molar-refractivity contribution in [1.29, 1.82) is 0 Å². The van der Waals surface area contributed by atoms with Gasteiger partial charge in [0.15, 0.2) is 5.78 Å². The summed E-state index contributed by atoms with van der Waals surface area (Å²) >= 11 is 0. The third kappa shape index (κ3) is 9.54. The molecular weight excluding hydrogens is 623 g/mol. The third-order valence-electron chi connectivity index (χ3n) is 7.87. The molecule has 3 aromatic rings. The highest BCUT2D eigenvalue weighted by Gasteiger charge is 2.43. The normalized spacial score (nSPS) is 14.1. The average Bonchev–Trinajstić information content (AvgIpc) is 3.04. The fraction of sp³-hybridized carbons (Fsp3) is 0.394. The zero-order chi connectivity index (χ0) is 33.9. The first kappa shape index (κ1) is 36.5. The van der Waals surface area contributed by atoms with Gasteiger partial charge < -0.3 is 20.9 Å². The van der Waals surface area contributed by atoms with Gasteiger partial charge >= 0.3 is 12.3 Å². The lowest BCUT2D eigenvalue weighted by molar-refractivity contribution is -0.181. The summed E-state index contributed by atoms with van der Waals surface area (Å²) in [5.41, 5.74) is 7.24. The van der Waals surface area contributed by atoms with Gasteiger partial charge in [0.25, 0.3) is 0 Å². The standard InChI is InChI=1S/C33H40F3N3O6S/c1-3-39(46(43,44)28-19-17-26(37)18-20-28)27(22-40)16-10-15-25(33(34,35)36)21-29(41)31(38-32(42)45-2)30(23-11-6-4-7-12-23)24-13-8-5-9-14-24/h4-9,11-14,17-20,25,27,30-31,40H,3,10,15-16,21-22,37H2,1-2H3,(H,38,42)/t25-,27-,31+/m0/s1. The number of amides is 1. The highest BCUT2D eigenvalue weighted by molar-refractivity contribution is 7.89. The van der Waals surface area contributed by atoms with Crippen LogP contribution in [0.25, 0.3) is 0 Å². The number of carbonyl (C=O) groups is 2. The zero-order valence-corrected chi connectivity index (χ0v) is 26.5. The molecule has 0 aliphatic carbocycles. The van der Waals surface area contributed by atoms with E-state index in [9.17, 15) is 36.3 Å². The number of alkyl carbamates (subject to hydrolysis) is 1. The van der Waals surface area contributed by atoms with Gasteiger partial charge in [-0.3, -0.25) is 4.79 Å². The molecule has 0 fully saturated rings. The van der Waals surface area contributed by atoms with Crippen molar-refractivity contribution in [3.05, 3.63) is 96.1 Å². The van der Waals surface area contributed by atoms with Crippen LogP contribution < -0.4 is 11.1 Å². The number of methoxy groups -OCH3 is 1. The molecule has 9 nitrogen and oxygen atoms in total. The van der Waals surface area contributed by atoms with Gasteiger partial charge in [-0.05, 0) is 48.2 Å². The first-order valence-corrected chi connectivity index (χ1v) is 16.3. The lowest BCUT2D eigenvalue weighted by Gasteiger charge is -2.30. The molecule has 0 aromatic heterocycles. The predicted octanol–water partition coefficient (Wildman–Crippen LogP) is 5.51. The van der Waals surface area contributed by atoms with Crippen LogP contribution in [0.15, 0.2) is 89.8 Å². The Labute approximate surface area is 267 Å². The van der Waals surface area contributed by atoms with Crippen LogP contribution in [0.4, 0.5) is 23.7 Å². The van der Waals surface area contributed by atoms with Crippen molar-refractivity contribution in [3.63, 3.8) is 0 Å². The largest absolute Gasteiger partial charge is 0.453 e. The molecule has 0 saturated carbocycles. The van der Waals surface area contributed by atoms with Crippen molar-refractivity contribution in [3.8, 4) is 0 Å². The molecule has 3 atom stereocenters.